The van der Waals surface area contributed by atoms with E-state index in [4.69, 9.17) is 0 Å². The van der Waals surface area contributed by atoms with E-state index in [0.29, 0.717) is 5.69 Å². The summed E-state index contributed by atoms with van der Waals surface area (Å²) in [7, 11) is 0. The van der Waals surface area contributed by atoms with Crippen LogP contribution in [0.3, 0.4) is 0 Å². The van der Waals surface area contributed by atoms with Gasteiger partial charge in [-0.15, -0.1) is 0 Å². The highest BCUT2D eigenvalue weighted by molar-refractivity contribution is 5.92. The minimum atomic E-state index is -0.0940. The number of carbonyl (C=O) groups is 1. The van der Waals surface area contributed by atoms with Crippen molar-refractivity contribution < 1.29 is 4.79 Å². The second-order valence-corrected chi connectivity index (χ2v) is 6.48. The van der Waals surface area contributed by atoms with Crippen LogP contribution in [-0.2, 0) is 0 Å². The van der Waals surface area contributed by atoms with E-state index in [1.807, 2.05) is 16.5 Å². The predicted molar refractivity (Wildman–Crippen MR) is 88.2 cm³/mol. The minimum Gasteiger partial charge on any atom is -0.347 e. The van der Waals surface area contributed by atoms with E-state index in [0.717, 1.165) is 30.1 Å². The molecule has 2 aromatic heterocycles. The molecular weight excluding hydrogens is 288 g/mol. The zero-order chi connectivity index (χ0) is 15.8. The van der Waals surface area contributed by atoms with Crippen molar-refractivity contribution in [1.82, 2.24) is 19.6 Å². The Morgan fingerprint density at radius 3 is 3.13 bits per heavy atom. The first kappa shape index (κ1) is 14.3. The number of piperidine rings is 1. The van der Waals surface area contributed by atoms with Gasteiger partial charge < -0.3 is 14.6 Å². The number of nitrogens with one attached hydrogen (secondary N) is 1. The Balaban J connectivity index is 1.54. The van der Waals surface area contributed by atoms with E-state index >= 15 is 0 Å². The molecule has 2 aliphatic heterocycles. The second-order valence-electron chi connectivity index (χ2n) is 6.48. The van der Waals surface area contributed by atoms with Crippen LogP contribution in [-0.4, -0.2) is 45.9 Å². The number of nitrogens with zero attached hydrogens (tertiary/aromatic N) is 3. The second kappa shape index (κ2) is 5.71. The van der Waals surface area contributed by atoms with Crippen LogP contribution in [0.5, 0.6) is 0 Å². The smallest absolute Gasteiger partial charge is 0.271 e. The van der Waals surface area contributed by atoms with Gasteiger partial charge >= 0.3 is 0 Å². The normalized spacial score (nSPS) is 25.9. The maximum absolute atomic E-state index is 12.5. The fourth-order valence-electron chi connectivity index (χ4n) is 3.78. The van der Waals surface area contributed by atoms with Gasteiger partial charge in [0, 0.05) is 25.3 Å². The maximum Gasteiger partial charge on any atom is 0.271 e. The standard InChI is InChI=1S/C18H20N4O/c1-2-3-15-4-5-16-9-19-17(12-22(15)16)18(23)20-14-8-13-6-7-21(10-13)11-14/h4-5,9,12-14H,6-8,10-11H2,1H3,(H,20,23)/t13?,14-/m1/s1. The molecular formula is C18H20N4O. The topological polar surface area (TPSA) is 49.6 Å². The lowest BCUT2D eigenvalue weighted by molar-refractivity contribution is 0.0904. The lowest BCUT2D eigenvalue weighted by Gasteiger charge is -2.30. The van der Waals surface area contributed by atoms with Gasteiger partial charge in [-0.05, 0) is 50.3 Å². The number of rotatable bonds is 2. The van der Waals surface area contributed by atoms with E-state index in [2.05, 4.69) is 27.0 Å². The van der Waals surface area contributed by atoms with Crippen molar-refractivity contribution in [2.24, 2.45) is 5.92 Å². The van der Waals surface area contributed by atoms with Gasteiger partial charge in [-0.2, -0.15) is 0 Å². The van der Waals surface area contributed by atoms with Crippen LogP contribution in [0, 0.1) is 17.8 Å². The van der Waals surface area contributed by atoms with E-state index < -0.39 is 0 Å². The molecule has 118 valence electrons. The van der Waals surface area contributed by atoms with Gasteiger partial charge in [0.2, 0.25) is 0 Å². The molecule has 1 amide bonds. The molecule has 2 aromatic rings. The zero-order valence-electron chi connectivity index (χ0n) is 13.2. The van der Waals surface area contributed by atoms with Gasteiger partial charge in [-0.3, -0.25) is 4.79 Å². The Hall–Kier alpha value is -2.32. The third-order valence-corrected chi connectivity index (χ3v) is 4.82. The van der Waals surface area contributed by atoms with E-state index in [9.17, 15) is 4.79 Å². The number of amides is 1. The number of carbonyl (C=O) groups excluding carboxylic acids is 1. The Bertz CT molecular complexity index is 801. The van der Waals surface area contributed by atoms with Crippen molar-refractivity contribution in [2.75, 3.05) is 19.6 Å². The number of aromatic nitrogens is 2. The molecule has 2 fully saturated rings. The Labute approximate surface area is 135 Å². The van der Waals surface area contributed by atoms with Gasteiger partial charge in [0.05, 0.1) is 17.4 Å². The first-order valence-corrected chi connectivity index (χ1v) is 8.16. The SMILES string of the molecule is CC#Cc1ccc2cnc(C(=O)N[C@@H]3CC4CCN(C4)C3)cn12. The molecule has 0 saturated carbocycles. The van der Waals surface area contributed by atoms with Crippen molar-refractivity contribution in [2.45, 2.75) is 25.8 Å². The van der Waals surface area contributed by atoms with Crippen LogP contribution in [0.4, 0.5) is 0 Å². The number of fused-ring (bicyclic) bond motifs is 3. The highest BCUT2D eigenvalue weighted by Crippen LogP contribution is 2.26. The summed E-state index contributed by atoms with van der Waals surface area (Å²) in [6.07, 6.45) is 5.85. The van der Waals surface area contributed by atoms with Crippen LogP contribution in [0.1, 0.15) is 35.9 Å². The van der Waals surface area contributed by atoms with Crippen LogP contribution in [0.15, 0.2) is 24.5 Å². The van der Waals surface area contributed by atoms with Gasteiger partial charge in [-0.25, -0.2) is 4.98 Å². The summed E-state index contributed by atoms with van der Waals surface area (Å²) >= 11 is 0. The lowest BCUT2D eigenvalue weighted by Crippen LogP contribution is -2.47. The summed E-state index contributed by atoms with van der Waals surface area (Å²) in [5.41, 5.74) is 2.27. The summed E-state index contributed by atoms with van der Waals surface area (Å²) in [6, 6.07) is 4.14. The van der Waals surface area contributed by atoms with Crippen molar-refractivity contribution in [3.05, 3.63) is 35.9 Å². The molecule has 5 heteroatoms. The molecule has 5 nitrogen and oxygen atoms in total. The van der Waals surface area contributed by atoms with Gasteiger partial charge in [0.15, 0.2) is 0 Å². The Morgan fingerprint density at radius 1 is 1.39 bits per heavy atom. The van der Waals surface area contributed by atoms with Gasteiger partial charge in [-0.1, -0.05) is 5.92 Å². The molecule has 0 aromatic carbocycles. The monoisotopic (exact) mass is 308 g/mol. The van der Waals surface area contributed by atoms with Crippen molar-refractivity contribution in [1.29, 1.82) is 0 Å². The largest absolute Gasteiger partial charge is 0.347 e. The summed E-state index contributed by atoms with van der Waals surface area (Å²) in [5, 5.41) is 3.15. The quantitative estimate of drug-likeness (QED) is 0.856. The lowest BCUT2D eigenvalue weighted by atomic mass is 9.97. The highest BCUT2D eigenvalue weighted by atomic mass is 16.2. The average Bonchev–Trinajstić information content (AvgIpc) is 3.10. The van der Waals surface area contributed by atoms with Crippen molar-refractivity contribution in [3.8, 4) is 11.8 Å². The van der Waals surface area contributed by atoms with Crippen LogP contribution in [0.25, 0.3) is 5.52 Å². The fraction of sp³-hybridized carbons (Fsp3) is 0.444. The molecule has 4 heterocycles. The predicted octanol–water partition coefficient (Wildman–Crippen LogP) is 1.53. The summed E-state index contributed by atoms with van der Waals surface area (Å²) in [5.74, 6) is 6.58. The zero-order valence-corrected chi connectivity index (χ0v) is 13.2. The average molecular weight is 308 g/mol. The molecule has 0 spiro atoms. The summed E-state index contributed by atoms with van der Waals surface area (Å²) in [4.78, 5) is 19.3. The maximum atomic E-state index is 12.5. The molecule has 2 saturated heterocycles. The Morgan fingerprint density at radius 2 is 2.30 bits per heavy atom. The van der Waals surface area contributed by atoms with Crippen LogP contribution < -0.4 is 5.32 Å². The summed E-state index contributed by atoms with van der Waals surface area (Å²) < 4.78 is 1.92. The number of hydrogen-bond donors (Lipinski definition) is 1. The molecule has 2 bridgehead atoms. The fourth-order valence-corrected chi connectivity index (χ4v) is 3.78. The molecule has 0 aliphatic carbocycles. The van der Waals surface area contributed by atoms with E-state index in [1.54, 1.807) is 19.3 Å². The first-order valence-electron chi connectivity index (χ1n) is 8.16. The number of hydrogen-bond acceptors (Lipinski definition) is 3. The van der Waals surface area contributed by atoms with E-state index in [-0.39, 0.29) is 11.9 Å². The molecule has 3 atom stereocenters. The third kappa shape index (κ3) is 2.71. The third-order valence-electron chi connectivity index (χ3n) is 4.82. The van der Waals surface area contributed by atoms with Crippen molar-refractivity contribution >= 4 is 11.4 Å². The Kier molecular flexibility index (Phi) is 3.55. The molecule has 23 heavy (non-hydrogen) atoms. The first-order chi connectivity index (χ1) is 11.2. The van der Waals surface area contributed by atoms with Crippen molar-refractivity contribution in [3.63, 3.8) is 0 Å². The van der Waals surface area contributed by atoms with Gasteiger partial charge in [0.1, 0.15) is 5.69 Å². The van der Waals surface area contributed by atoms with Crippen LogP contribution in [0.2, 0.25) is 0 Å². The van der Waals surface area contributed by atoms with Gasteiger partial charge in [0.25, 0.3) is 5.91 Å². The molecule has 2 aliphatic rings. The van der Waals surface area contributed by atoms with Crippen LogP contribution >= 0.6 is 0 Å². The molecule has 4 rings (SSSR count). The minimum absolute atomic E-state index is 0.0940. The summed E-state index contributed by atoms with van der Waals surface area (Å²) in [6.45, 7) is 5.13. The molecule has 2 unspecified atom stereocenters. The molecule has 1 N–H and O–H groups in total. The van der Waals surface area contributed by atoms with E-state index in [1.165, 1.54) is 19.5 Å². The molecule has 0 radical (unpaired) electrons. The highest BCUT2D eigenvalue weighted by Gasteiger charge is 2.33.